The molecular formula is C7H9NO4. The van der Waals surface area contributed by atoms with Gasteiger partial charge in [-0.2, -0.15) is 0 Å². The molecule has 0 atom stereocenters. The van der Waals surface area contributed by atoms with E-state index in [0.717, 1.165) is 0 Å². The average molecular weight is 171 g/mol. The van der Waals surface area contributed by atoms with Crippen molar-refractivity contribution in [3.63, 3.8) is 0 Å². The lowest BCUT2D eigenvalue weighted by Gasteiger charge is -2.01. The molecule has 5 heteroatoms. The highest BCUT2D eigenvalue weighted by Crippen LogP contribution is 2.10. The first-order valence-corrected chi connectivity index (χ1v) is 3.51. The molecule has 0 fully saturated rings. The summed E-state index contributed by atoms with van der Waals surface area (Å²) in [5.41, 5.74) is 0.299. The standard InChI is InChI=1S/C7H9NO4/c9-5-3-4(7(12)8-5)1-2-6(10)11/h3,6,10-11H,1-2H2,(H,8,9,12). The Bertz CT molecular complexity index is 244. The summed E-state index contributed by atoms with van der Waals surface area (Å²) in [4.78, 5) is 21.4. The van der Waals surface area contributed by atoms with Crippen molar-refractivity contribution in [1.29, 1.82) is 0 Å². The van der Waals surface area contributed by atoms with E-state index in [0.29, 0.717) is 5.57 Å². The first-order valence-electron chi connectivity index (χ1n) is 3.51. The van der Waals surface area contributed by atoms with Crippen LogP contribution in [0.5, 0.6) is 0 Å². The van der Waals surface area contributed by atoms with Gasteiger partial charge in [0.25, 0.3) is 11.8 Å². The van der Waals surface area contributed by atoms with Crippen LogP contribution < -0.4 is 5.32 Å². The van der Waals surface area contributed by atoms with Gasteiger partial charge in [-0.3, -0.25) is 14.9 Å². The van der Waals surface area contributed by atoms with Gasteiger partial charge < -0.3 is 10.2 Å². The van der Waals surface area contributed by atoms with Crippen LogP contribution >= 0.6 is 0 Å². The van der Waals surface area contributed by atoms with Crippen molar-refractivity contribution in [2.75, 3.05) is 0 Å². The minimum absolute atomic E-state index is 0.0620. The third-order valence-corrected chi connectivity index (χ3v) is 1.51. The zero-order valence-corrected chi connectivity index (χ0v) is 6.28. The van der Waals surface area contributed by atoms with Crippen molar-refractivity contribution in [3.8, 4) is 0 Å². The number of imide groups is 1. The molecule has 0 aromatic heterocycles. The van der Waals surface area contributed by atoms with E-state index >= 15 is 0 Å². The fraction of sp³-hybridized carbons (Fsp3) is 0.429. The largest absolute Gasteiger partial charge is 0.368 e. The van der Waals surface area contributed by atoms with Gasteiger partial charge in [0, 0.05) is 18.1 Å². The van der Waals surface area contributed by atoms with E-state index in [1.165, 1.54) is 6.08 Å². The number of hydrogen-bond acceptors (Lipinski definition) is 4. The number of amides is 2. The lowest BCUT2D eigenvalue weighted by atomic mass is 10.1. The molecule has 0 spiro atoms. The highest BCUT2D eigenvalue weighted by atomic mass is 16.5. The highest BCUT2D eigenvalue weighted by Gasteiger charge is 2.20. The molecule has 12 heavy (non-hydrogen) atoms. The van der Waals surface area contributed by atoms with Crippen LogP contribution in [0.4, 0.5) is 0 Å². The average Bonchev–Trinajstić information content (AvgIpc) is 2.26. The Balaban J connectivity index is 2.47. The summed E-state index contributed by atoms with van der Waals surface area (Å²) in [5, 5.41) is 19.0. The van der Waals surface area contributed by atoms with Crippen LogP contribution in [0.25, 0.3) is 0 Å². The monoisotopic (exact) mass is 171 g/mol. The number of carbonyl (C=O) groups is 2. The van der Waals surface area contributed by atoms with Crippen molar-refractivity contribution in [2.45, 2.75) is 19.1 Å². The molecule has 0 aliphatic carbocycles. The van der Waals surface area contributed by atoms with Crippen LogP contribution in [0, 0.1) is 0 Å². The molecule has 2 amide bonds. The molecule has 1 aliphatic heterocycles. The Morgan fingerprint density at radius 3 is 2.50 bits per heavy atom. The first kappa shape index (κ1) is 8.89. The molecule has 0 bridgehead atoms. The van der Waals surface area contributed by atoms with E-state index in [1.54, 1.807) is 0 Å². The van der Waals surface area contributed by atoms with E-state index < -0.39 is 18.1 Å². The topological polar surface area (TPSA) is 86.6 Å². The number of aliphatic hydroxyl groups excluding tert-OH is 1. The summed E-state index contributed by atoms with van der Waals surface area (Å²) >= 11 is 0. The molecule has 1 aliphatic rings. The molecule has 0 aromatic rings. The smallest absolute Gasteiger partial charge is 0.254 e. The van der Waals surface area contributed by atoms with Crippen LogP contribution in [0.2, 0.25) is 0 Å². The Kier molecular flexibility index (Phi) is 2.57. The molecule has 3 N–H and O–H groups in total. The molecule has 1 heterocycles. The van der Waals surface area contributed by atoms with E-state index in [4.69, 9.17) is 10.2 Å². The second-order valence-electron chi connectivity index (χ2n) is 2.51. The lowest BCUT2D eigenvalue weighted by Crippen LogP contribution is -2.22. The van der Waals surface area contributed by atoms with Crippen LogP contribution in [0.3, 0.4) is 0 Å². The SMILES string of the molecule is O=C1C=C(CCC(O)O)C(=O)N1. The Hall–Kier alpha value is -1.20. The predicted molar refractivity (Wildman–Crippen MR) is 38.7 cm³/mol. The van der Waals surface area contributed by atoms with Crippen molar-refractivity contribution in [2.24, 2.45) is 0 Å². The Morgan fingerprint density at radius 1 is 1.42 bits per heavy atom. The Labute approximate surface area is 68.7 Å². The molecule has 0 radical (unpaired) electrons. The number of carbonyl (C=O) groups excluding carboxylic acids is 2. The molecular weight excluding hydrogens is 162 g/mol. The van der Waals surface area contributed by atoms with Gasteiger partial charge in [0.1, 0.15) is 0 Å². The molecule has 0 saturated carbocycles. The molecule has 0 aromatic carbocycles. The Morgan fingerprint density at radius 2 is 2.08 bits per heavy atom. The number of hydrogen-bond donors (Lipinski definition) is 3. The minimum atomic E-state index is -1.44. The van der Waals surface area contributed by atoms with E-state index in [-0.39, 0.29) is 12.8 Å². The third kappa shape index (κ3) is 2.14. The molecule has 5 nitrogen and oxygen atoms in total. The summed E-state index contributed by atoms with van der Waals surface area (Å²) < 4.78 is 0. The van der Waals surface area contributed by atoms with Crippen molar-refractivity contribution >= 4 is 11.8 Å². The number of aliphatic hydroxyl groups is 2. The highest BCUT2D eigenvalue weighted by molar-refractivity contribution is 6.16. The molecule has 0 unspecified atom stereocenters. The van der Waals surface area contributed by atoms with Crippen LogP contribution in [-0.2, 0) is 9.59 Å². The van der Waals surface area contributed by atoms with Crippen LogP contribution in [0.15, 0.2) is 11.6 Å². The summed E-state index contributed by atoms with van der Waals surface area (Å²) in [6, 6.07) is 0. The normalized spacial score (nSPS) is 16.8. The molecule has 1 rings (SSSR count). The molecule has 66 valence electrons. The number of rotatable bonds is 3. The fourth-order valence-electron chi connectivity index (χ4n) is 0.922. The van der Waals surface area contributed by atoms with Crippen LogP contribution in [-0.4, -0.2) is 28.3 Å². The summed E-state index contributed by atoms with van der Waals surface area (Å²) in [6.07, 6.45) is 0.00125. The fourth-order valence-corrected chi connectivity index (χ4v) is 0.922. The van der Waals surface area contributed by atoms with Gasteiger partial charge in [-0.15, -0.1) is 0 Å². The van der Waals surface area contributed by atoms with E-state index in [1.807, 2.05) is 0 Å². The van der Waals surface area contributed by atoms with Gasteiger partial charge in [-0.25, -0.2) is 0 Å². The maximum Gasteiger partial charge on any atom is 0.254 e. The van der Waals surface area contributed by atoms with Crippen LogP contribution in [0.1, 0.15) is 12.8 Å². The minimum Gasteiger partial charge on any atom is -0.368 e. The quantitative estimate of drug-likeness (QED) is 0.362. The molecule has 0 saturated heterocycles. The van der Waals surface area contributed by atoms with Gasteiger partial charge in [-0.05, 0) is 6.42 Å². The predicted octanol–water partition coefficient (Wildman–Crippen LogP) is -1.34. The van der Waals surface area contributed by atoms with E-state index in [9.17, 15) is 9.59 Å². The lowest BCUT2D eigenvalue weighted by molar-refractivity contribution is -0.123. The van der Waals surface area contributed by atoms with Crippen molar-refractivity contribution < 1.29 is 19.8 Å². The summed E-state index contributed by atoms with van der Waals surface area (Å²) in [5.74, 6) is -0.886. The van der Waals surface area contributed by atoms with Crippen molar-refractivity contribution in [3.05, 3.63) is 11.6 Å². The zero-order chi connectivity index (χ0) is 9.14. The van der Waals surface area contributed by atoms with Gasteiger partial charge in [0.15, 0.2) is 6.29 Å². The first-order chi connectivity index (χ1) is 5.59. The van der Waals surface area contributed by atoms with Crippen molar-refractivity contribution in [1.82, 2.24) is 5.32 Å². The second-order valence-corrected chi connectivity index (χ2v) is 2.51. The number of nitrogens with one attached hydrogen (secondary N) is 1. The summed E-state index contributed by atoms with van der Waals surface area (Å²) in [7, 11) is 0. The zero-order valence-electron chi connectivity index (χ0n) is 6.28. The summed E-state index contributed by atoms with van der Waals surface area (Å²) in [6.45, 7) is 0. The second kappa shape index (κ2) is 3.46. The maximum absolute atomic E-state index is 10.8. The van der Waals surface area contributed by atoms with Gasteiger partial charge >= 0.3 is 0 Å². The van der Waals surface area contributed by atoms with Gasteiger partial charge in [0.05, 0.1) is 0 Å². The van der Waals surface area contributed by atoms with Gasteiger partial charge in [0.2, 0.25) is 0 Å². The van der Waals surface area contributed by atoms with E-state index in [2.05, 4.69) is 5.32 Å². The van der Waals surface area contributed by atoms with Gasteiger partial charge in [-0.1, -0.05) is 0 Å². The maximum atomic E-state index is 10.8. The third-order valence-electron chi connectivity index (χ3n) is 1.51.